The number of benzene rings is 2. The van der Waals surface area contributed by atoms with Gasteiger partial charge in [0, 0.05) is 23.4 Å². The molecule has 2 aromatic heterocycles. The Morgan fingerprint density at radius 1 is 0.846 bits per heavy atom. The van der Waals surface area contributed by atoms with E-state index in [1.165, 1.54) is 0 Å². The van der Waals surface area contributed by atoms with E-state index in [9.17, 15) is 48.3 Å². The third kappa shape index (κ3) is 5.38. The van der Waals surface area contributed by atoms with Crippen molar-refractivity contribution < 1.29 is 52.8 Å². The Labute approximate surface area is 210 Å². The zero-order valence-corrected chi connectivity index (χ0v) is 19.0. The van der Waals surface area contributed by atoms with Gasteiger partial charge < -0.3 is 9.09 Å². The number of aromatic nitrogens is 3. The number of fused-ring (bicyclic) bond motifs is 1. The molecule has 2 heterocycles. The van der Waals surface area contributed by atoms with Crippen LogP contribution in [0.25, 0.3) is 27.2 Å². The van der Waals surface area contributed by atoms with E-state index >= 15 is 0 Å². The maximum atomic E-state index is 14.4. The molecule has 0 bridgehead atoms. The lowest BCUT2D eigenvalue weighted by molar-refractivity contribution is -0.143. The number of hydrogen-bond donors (Lipinski definition) is 0. The number of alkyl halides is 11. The summed E-state index contributed by atoms with van der Waals surface area (Å²) in [5.41, 5.74) is -7.79. The van der Waals surface area contributed by atoms with Crippen LogP contribution in [0.5, 0.6) is 0 Å². The molecule has 0 aliphatic heterocycles. The van der Waals surface area contributed by atoms with Crippen LogP contribution in [0.3, 0.4) is 0 Å². The van der Waals surface area contributed by atoms with Crippen molar-refractivity contribution in [3.8, 4) is 11.5 Å². The molecule has 0 amide bonds. The Morgan fingerprint density at radius 2 is 1.44 bits per heavy atom. The van der Waals surface area contributed by atoms with Gasteiger partial charge in [0.05, 0.1) is 35.5 Å². The molecule has 206 valence electrons. The number of nitrogens with zero attached hydrogens (tertiary/aromatic N) is 4. The quantitative estimate of drug-likeness (QED) is 0.183. The highest BCUT2D eigenvalue weighted by Gasteiger charge is 2.40. The maximum Gasteiger partial charge on any atom is 0.416 e. The van der Waals surface area contributed by atoms with Gasteiger partial charge in [-0.15, -0.1) is 0 Å². The van der Waals surface area contributed by atoms with Gasteiger partial charge in [-0.2, -0.15) is 44.5 Å². The normalized spacial score (nSPS) is 13.2. The predicted octanol–water partition coefficient (Wildman–Crippen LogP) is 8.46. The summed E-state index contributed by atoms with van der Waals surface area (Å²) < 4.78 is 154. The number of hydrogen-bond acceptors (Lipinski definition) is 3. The fraction of sp³-hybridized carbons (Fsp3) is 0.261. The van der Waals surface area contributed by atoms with E-state index in [2.05, 4.69) is 15.0 Å². The Kier molecular flexibility index (Phi) is 6.40. The predicted molar refractivity (Wildman–Crippen MR) is 112 cm³/mol. The van der Waals surface area contributed by atoms with E-state index in [0.29, 0.717) is 29.7 Å². The molecule has 2 aromatic carbocycles. The minimum Gasteiger partial charge on any atom is -0.334 e. The summed E-state index contributed by atoms with van der Waals surface area (Å²) in [6.07, 6.45) is -15.4. The molecule has 16 heteroatoms. The summed E-state index contributed by atoms with van der Waals surface area (Å²) in [5.74, 6) is -5.09. The summed E-state index contributed by atoms with van der Waals surface area (Å²) in [6.45, 7) is 6.58. The van der Waals surface area contributed by atoms with Crippen LogP contribution in [0.1, 0.15) is 35.1 Å². The highest BCUT2D eigenvalue weighted by molar-refractivity contribution is 5.90. The second-order valence-corrected chi connectivity index (χ2v) is 8.32. The van der Waals surface area contributed by atoms with E-state index < -0.39 is 87.2 Å². The third-order valence-corrected chi connectivity index (χ3v) is 5.52. The van der Waals surface area contributed by atoms with Crippen LogP contribution in [-0.2, 0) is 31.0 Å². The first kappa shape index (κ1) is 27.9. The van der Waals surface area contributed by atoms with Crippen LogP contribution in [-0.4, -0.2) is 14.7 Å². The van der Waals surface area contributed by atoms with Gasteiger partial charge >= 0.3 is 18.5 Å². The fourth-order valence-electron chi connectivity index (χ4n) is 3.90. The molecule has 0 saturated carbocycles. The molecule has 39 heavy (non-hydrogen) atoms. The van der Waals surface area contributed by atoms with E-state index in [4.69, 9.17) is 11.1 Å². The Hall–Kier alpha value is -4.16. The Morgan fingerprint density at radius 3 is 1.92 bits per heavy atom. The molecule has 5 nitrogen and oxygen atoms in total. The second kappa shape index (κ2) is 8.95. The van der Waals surface area contributed by atoms with Crippen LogP contribution < -0.4 is 0 Å². The molecule has 4 rings (SSSR count). The van der Waals surface area contributed by atoms with Crippen molar-refractivity contribution in [3.63, 3.8) is 0 Å². The standard InChI is InChI=1S/C23H11F11N4O/c1-20(24,25)16-8-13-15(4-3-14(35-2)18(13)23(32,33)34)38(16)9-17-36-19(39-37-17)10-5-11(21(26,27)28)7-12(6-10)22(29,30)31/h3-8H,9H2,1H3. The highest BCUT2D eigenvalue weighted by atomic mass is 19.4. The number of halogens is 11. The fourth-order valence-corrected chi connectivity index (χ4v) is 3.90. The van der Waals surface area contributed by atoms with E-state index in [1.54, 1.807) is 0 Å². The first-order valence-electron chi connectivity index (χ1n) is 10.4. The molecule has 0 radical (unpaired) electrons. The molecule has 0 N–H and O–H groups in total. The van der Waals surface area contributed by atoms with Crippen LogP contribution in [0.2, 0.25) is 0 Å². The van der Waals surface area contributed by atoms with Crippen molar-refractivity contribution in [1.29, 1.82) is 0 Å². The topological polar surface area (TPSA) is 48.2 Å². The van der Waals surface area contributed by atoms with Gasteiger partial charge in [0.15, 0.2) is 11.5 Å². The second-order valence-electron chi connectivity index (χ2n) is 8.32. The molecule has 4 aromatic rings. The van der Waals surface area contributed by atoms with E-state index in [1.807, 2.05) is 0 Å². The first-order chi connectivity index (χ1) is 17.8. The molecule has 0 aliphatic rings. The van der Waals surface area contributed by atoms with Crippen LogP contribution in [0.15, 0.2) is 40.9 Å². The average Bonchev–Trinajstić information content (AvgIpc) is 3.41. The summed E-state index contributed by atoms with van der Waals surface area (Å²) in [4.78, 5) is 6.48. The monoisotopic (exact) mass is 568 g/mol. The first-order valence-corrected chi connectivity index (χ1v) is 10.4. The van der Waals surface area contributed by atoms with Crippen molar-refractivity contribution >= 4 is 16.6 Å². The third-order valence-electron chi connectivity index (χ3n) is 5.52. The van der Waals surface area contributed by atoms with Crippen LogP contribution in [0, 0.1) is 6.57 Å². The molecule has 0 saturated heterocycles. The minimum atomic E-state index is -5.18. The SMILES string of the molecule is [C-]#[N+]c1ccc2c(cc(C(C)(F)F)n2Cc2noc(-c3cc(C(F)(F)F)cc(C(F)(F)F)c3)n2)c1C(F)(F)F. The van der Waals surface area contributed by atoms with Gasteiger partial charge in [0.1, 0.15) is 0 Å². The van der Waals surface area contributed by atoms with Crippen molar-refractivity contribution in [2.75, 3.05) is 0 Å². The molecular formula is C23H11F11N4O. The molecule has 0 unspecified atom stereocenters. The van der Waals surface area contributed by atoms with Crippen LogP contribution in [0.4, 0.5) is 54.0 Å². The Balaban J connectivity index is 1.85. The molecule has 0 fully saturated rings. The van der Waals surface area contributed by atoms with Crippen LogP contribution >= 0.6 is 0 Å². The Bertz CT molecular complexity index is 1560. The molecule has 0 atom stereocenters. The summed E-state index contributed by atoms with van der Waals surface area (Å²) >= 11 is 0. The maximum absolute atomic E-state index is 14.4. The summed E-state index contributed by atoms with van der Waals surface area (Å²) in [7, 11) is 0. The van der Waals surface area contributed by atoms with Gasteiger partial charge in [-0.25, -0.2) is 13.6 Å². The minimum absolute atomic E-state index is 0.127. The van der Waals surface area contributed by atoms with E-state index in [-0.39, 0.29) is 6.07 Å². The number of rotatable bonds is 4. The summed E-state index contributed by atoms with van der Waals surface area (Å²) in [6, 6.07) is 2.79. The summed E-state index contributed by atoms with van der Waals surface area (Å²) in [5, 5.41) is 2.67. The van der Waals surface area contributed by atoms with Gasteiger partial charge in [-0.3, -0.25) is 0 Å². The van der Waals surface area contributed by atoms with Gasteiger partial charge in [-0.05, 0) is 30.3 Å². The lowest BCUT2D eigenvalue weighted by Gasteiger charge is -2.14. The van der Waals surface area contributed by atoms with Crippen molar-refractivity contribution in [3.05, 3.63) is 76.0 Å². The molecule has 0 aliphatic carbocycles. The van der Waals surface area contributed by atoms with Crippen molar-refractivity contribution in [1.82, 2.24) is 14.7 Å². The van der Waals surface area contributed by atoms with Crippen molar-refractivity contribution in [2.45, 2.75) is 37.9 Å². The zero-order chi connectivity index (χ0) is 29.1. The molecule has 0 spiro atoms. The van der Waals surface area contributed by atoms with E-state index in [0.717, 1.165) is 12.1 Å². The lowest BCUT2D eigenvalue weighted by Crippen LogP contribution is -2.15. The van der Waals surface area contributed by atoms with Gasteiger partial charge in [0.25, 0.3) is 11.8 Å². The molecular weight excluding hydrogens is 557 g/mol. The zero-order valence-electron chi connectivity index (χ0n) is 19.0. The van der Waals surface area contributed by atoms with Gasteiger partial charge in [0.2, 0.25) is 0 Å². The smallest absolute Gasteiger partial charge is 0.334 e. The van der Waals surface area contributed by atoms with Gasteiger partial charge in [-0.1, -0.05) is 11.2 Å². The van der Waals surface area contributed by atoms with Crippen molar-refractivity contribution in [2.24, 2.45) is 0 Å². The lowest BCUT2D eigenvalue weighted by atomic mass is 10.0. The highest BCUT2D eigenvalue weighted by Crippen LogP contribution is 2.44. The largest absolute Gasteiger partial charge is 0.416 e. The average molecular weight is 568 g/mol.